The molecule has 1 saturated heterocycles. The van der Waals surface area contributed by atoms with E-state index < -0.39 is 11.6 Å². The zero-order valence-corrected chi connectivity index (χ0v) is 14.7. The number of ether oxygens (including phenoxy) is 1. The van der Waals surface area contributed by atoms with Gasteiger partial charge < -0.3 is 20.1 Å². The summed E-state index contributed by atoms with van der Waals surface area (Å²) in [4.78, 5) is 28.9. The van der Waals surface area contributed by atoms with Crippen molar-refractivity contribution in [2.75, 3.05) is 18.0 Å². The van der Waals surface area contributed by atoms with Gasteiger partial charge in [0.15, 0.2) is 0 Å². The van der Waals surface area contributed by atoms with Gasteiger partial charge in [-0.3, -0.25) is 0 Å². The van der Waals surface area contributed by atoms with Crippen LogP contribution < -0.4 is 29.1 Å². The number of hydrogen-bond donors (Lipinski definition) is 2. The number of carboxylic acids is 1. The monoisotopic (exact) mass is 328 g/mol. The minimum atomic E-state index is -0.982. The maximum Gasteiger partial charge on any atom is 1.00 e. The number of carboxylic acid groups (broad SMARTS) is 1. The molecule has 1 aliphatic heterocycles. The molecule has 0 unspecified atom stereocenters. The summed E-state index contributed by atoms with van der Waals surface area (Å²) < 4.78 is 5.26. The van der Waals surface area contributed by atoms with Crippen LogP contribution in [0.25, 0.3) is 0 Å². The SMILES string of the molecule is CC(C)(C)OC(=O)NC1CCN(c2ccc(C(=O)O)cn2)CC1.[Li+]. The Morgan fingerprint density at radius 3 is 2.38 bits per heavy atom. The molecule has 0 atom stereocenters. The largest absolute Gasteiger partial charge is 1.00 e. The molecule has 0 saturated carbocycles. The second-order valence-corrected chi connectivity index (χ2v) is 6.62. The number of nitrogens with one attached hydrogen (secondary N) is 1. The van der Waals surface area contributed by atoms with E-state index >= 15 is 0 Å². The fourth-order valence-corrected chi connectivity index (χ4v) is 2.43. The van der Waals surface area contributed by atoms with E-state index in [1.165, 1.54) is 6.20 Å². The van der Waals surface area contributed by atoms with Crippen LogP contribution in [-0.4, -0.2) is 46.9 Å². The first-order valence-electron chi connectivity index (χ1n) is 7.68. The molecule has 1 amide bonds. The van der Waals surface area contributed by atoms with Crippen LogP contribution in [0.1, 0.15) is 44.0 Å². The fourth-order valence-electron chi connectivity index (χ4n) is 2.43. The molecule has 1 fully saturated rings. The quantitative estimate of drug-likeness (QED) is 0.712. The molecule has 1 aromatic rings. The minimum absolute atomic E-state index is 0. The third-order valence-electron chi connectivity index (χ3n) is 3.53. The third-order valence-corrected chi connectivity index (χ3v) is 3.53. The van der Waals surface area contributed by atoms with Crippen molar-refractivity contribution in [3.63, 3.8) is 0 Å². The van der Waals surface area contributed by atoms with E-state index in [4.69, 9.17) is 9.84 Å². The fraction of sp³-hybridized carbons (Fsp3) is 0.562. The normalized spacial score (nSPS) is 15.4. The van der Waals surface area contributed by atoms with Crippen molar-refractivity contribution in [2.24, 2.45) is 0 Å². The van der Waals surface area contributed by atoms with E-state index in [1.807, 2.05) is 20.8 Å². The number of alkyl carbamates (subject to hydrolysis) is 1. The molecule has 1 aliphatic rings. The summed E-state index contributed by atoms with van der Waals surface area (Å²) in [6.45, 7) is 7.00. The smallest absolute Gasteiger partial charge is 0.478 e. The summed E-state index contributed by atoms with van der Waals surface area (Å²) in [6.07, 6.45) is 2.56. The molecular weight excluding hydrogens is 305 g/mol. The van der Waals surface area contributed by atoms with Crippen molar-refractivity contribution in [1.29, 1.82) is 0 Å². The molecule has 0 radical (unpaired) electrons. The molecular formula is C16H23LiN3O4+. The summed E-state index contributed by atoms with van der Waals surface area (Å²) in [5.41, 5.74) is -0.323. The van der Waals surface area contributed by atoms with E-state index in [2.05, 4.69) is 15.2 Å². The number of amides is 1. The number of anilines is 1. The van der Waals surface area contributed by atoms with Gasteiger partial charge in [0.05, 0.1) is 5.56 Å². The first kappa shape index (κ1) is 20.3. The molecule has 0 bridgehead atoms. The van der Waals surface area contributed by atoms with Crippen molar-refractivity contribution >= 4 is 17.9 Å². The summed E-state index contributed by atoms with van der Waals surface area (Å²) in [5, 5.41) is 11.8. The average molecular weight is 328 g/mol. The Labute approximate surface area is 153 Å². The van der Waals surface area contributed by atoms with Crippen LogP contribution in [0.5, 0.6) is 0 Å². The predicted octanol–water partition coefficient (Wildman–Crippen LogP) is -0.723. The number of rotatable bonds is 3. The molecule has 126 valence electrons. The maximum absolute atomic E-state index is 11.8. The number of aromatic carboxylic acids is 1. The predicted molar refractivity (Wildman–Crippen MR) is 85.8 cm³/mol. The van der Waals surface area contributed by atoms with Crippen LogP contribution >= 0.6 is 0 Å². The minimum Gasteiger partial charge on any atom is -0.478 e. The summed E-state index contributed by atoms with van der Waals surface area (Å²) >= 11 is 0. The first-order chi connectivity index (χ1) is 10.7. The molecule has 24 heavy (non-hydrogen) atoms. The molecule has 2 N–H and O–H groups in total. The van der Waals surface area contributed by atoms with Gasteiger partial charge in [-0.15, -0.1) is 0 Å². The zero-order valence-electron chi connectivity index (χ0n) is 14.7. The number of piperidine rings is 1. The van der Waals surface area contributed by atoms with Crippen LogP contribution in [0, 0.1) is 0 Å². The van der Waals surface area contributed by atoms with Gasteiger partial charge >= 0.3 is 30.9 Å². The maximum atomic E-state index is 11.8. The van der Waals surface area contributed by atoms with Crippen molar-refractivity contribution in [1.82, 2.24) is 10.3 Å². The molecule has 2 rings (SSSR count). The van der Waals surface area contributed by atoms with Gasteiger partial charge in [0.25, 0.3) is 0 Å². The van der Waals surface area contributed by atoms with Gasteiger partial charge in [-0.1, -0.05) is 0 Å². The first-order valence-corrected chi connectivity index (χ1v) is 7.68. The van der Waals surface area contributed by atoms with E-state index in [9.17, 15) is 9.59 Å². The molecule has 0 aromatic carbocycles. The second-order valence-electron chi connectivity index (χ2n) is 6.62. The van der Waals surface area contributed by atoms with Crippen molar-refractivity contribution in [3.05, 3.63) is 23.9 Å². The number of hydrogen-bond acceptors (Lipinski definition) is 5. The van der Waals surface area contributed by atoms with E-state index in [0.29, 0.717) is 0 Å². The Bertz CT molecular complexity index is 564. The number of pyridine rings is 1. The van der Waals surface area contributed by atoms with Crippen molar-refractivity contribution in [3.8, 4) is 0 Å². The number of nitrogens with zero attached hydrogens (tertiary/aromatic N) is 2. The molecule has 1 aromatic heterocycles. The van der Waals surface area contributed by atoms with Gasteiger partial charge in [0.2, 0.25) is 0 Å². The van der Waals surface area contributed by atoms with Crippen molar-refractivity contribution in [2.45, 2.75) is 45.3 Å². The number of aromatic nitrogens is 1. The Hall–Kier alpha value is -1.71. The van der Waals surface area contributed by atoms with E-state index in [-0.39, 0.29) is 36.6 Å². The van der Waals surface area contributed by atoms with Crippen LogP contribution in [0.2, 0.25) is 0 Å². The Morgan fingerprint density at radius 2 is 1.92 bits per heavy atom. The Morgan fingerprint density at radius 1 is 1.29 bits per heavy atom. The molecule has 0 aliphatic carbocycles. The van der Waals surface area contributed by atoms with Crippen LogP contribution in [0.4, 0.5) is 10.6 Å². The van der Waals surface area contributed by atoms with Gasteiger partial charge in [-0.25, -0.2) is 14.6 Å². The topological polar surface area (TPSA) is 91.8 Å². The van der Waals surface area contributed by atoms with E-state index in [0.717, 1.165) is 31.7 Å². The molecule has 8 heteroatoms. The second kappa shape index (κ2) is 8.40. The summed E-state index contributed by atoms with van der Waals surface area (Å²) in [5.74, 6) is -0.227. The van der Waals surface area contributed by atoms with Crippen molar-refractivity contribution < 1.29 is 38.3 Å². The van der Waals surface area contributed by atoms with Crippen LogP contribution in [0.3, 0.4) is 0 Å². The Balaban J connectivity index is 0.00000288. The van der Waals surface area contributed by atoms with Gasteiger partial charge in [-0.05, 0) is 45.7 Å². The van der Waals surface area contributed by atoms with Gasteiger partial charge in [0.1, 0.15) is 11.4 Å². The summed E-state index contributed by atoms with van der Waals surface area (Å²) in [7, 11) is 0. The van der Waals surface area contributed by atoms with E-state index in [1.54, 1.807) is 12.1 Å². The van der Waals surface area contributed by atoms with Gasteiger partial charge in [0, 0.05) is 25.3 Å². The standard InChI is InChI=1S/C16H23N3O4.Li/c1-16(2,3)23-15(22)18-12-6-8-19(9-7-12)13-5-4-11(10-17-13)14(20)21;/h4-5,10,12H,6-9H2,1-3H3,(H,18,22)(H,20,21);/q;+1. The third kappa shape index (κ3) is 6.06. The molecule has 7 nitrogen and oxygen atoms in total. The summed E-state index contributed by atoms with van der Waals surface area (Å²) in [6, 6.07) is 3.35. The molecule has 2 heterocycles. The average Bonchev–Trinajstić information content (AvgIpc) is 2.46. The van der Waals surface area contributed by atoms with Crippen LogP contribution in [0.15, 0.2) is 18.3 Å². The van der Waals surface area contributed by atoms with Crippen LogP contribution in [-0.2, 0) is 4.74 Å². The molecule has 0 spiro atoms. The zero-order chi connectivity index (χ0) is 17.0. The number of carbonyl (C=O) groups is 2. The Kier molecular flexibility index (Phi) is 7.12. The van der Waals surface area contributed by atoms with Gasteiger partial charge in [-0.2, -0.15) is 0 Å². The number of carbonyl (C=O) groups excluding carboxylic acids is 1.